The predicted molar refractivity (Wildman–Crippen MR) is 115 cm³/mol. The summed E-state index contributed by atoms with van der Waals surface area (Å²) < 4.78 is 44.3. The lowest BCUT2D eigenvalue weighted by Crippen LogP contribution is -2.58. The molecule has 1 heterocycles. The molecule has 4 fully saturated rings. The number of rotatable bonds is 6. The van der Waals surface area contributed by atoms with Crippen LogP contribution in [0, 0.1) is 34.4 Å². The van der Waals surface area contributed by atoms with Gasteiger partial charge in [0.25, 0.3) is 5.92 Å². The topological polar surface area (TPSA) is 50.1 Å². The number of hydrogen-bond acceptors (Lipinski definition) is 3. The molecule has 4 aliphatic rings. The predicted octanol–water partition coefficient (Wildman–Crippen LogP) is 4.10. The van der Waals surface area contributed by atoms with Crippen LogP contribution in [-0.2, 0) is 6.42 Å². The fraction of sp³-hybridized carbons (Fsp3) is 0.739. The van der Waals surface area contributed by atoms with Gasteiger partial charge in [-0.05, 0) is 104 Å². The van der Waals surface area contributed by atoms with E-state index in [-0.39, 0.29) is 23.7 Å². The molecule has 1 aromatic rings. The molecule has 4 N–H and O–H groups in total. The van der Waals surface area contributed by atoms with E-state index in [0.717, 1.165) is 17.3 Å². The number of hydrogen-bond donors (Lipinski definition) is 3. The summed E-state index contributed by atoms with van der Waals surface area (Å²) in [4.78, 5) is 0. The first-order chi connectivity index (χ1) is 14.3. The van der Waals surface area contributed by atoms with Gasteiger partial charge in [-0.15, -0.1) is 0 Å². The van der Waals surface area contributed by atoms with Crippen molar-refractivity contribution in [2.24, 2.45) is 34.3 Å². The summed E-state index contributed by atoms with van der Waals surface area (Å²) in [5.41, 5.74) is 7.27. The highest BCUT2D eigenvalue weighted by Crippen LogP contribution is 2.78. The maximum atomic E-state index is 14.8. The fourth-order valence-electron chi connectivity index (χ4n) is 7.51. The molecular formula is C23H31BrF3N3. The second kappa shape index (κ2) is 7.46. The molecule has 3 nitrogen and oxygen atoms in total. The van der Waals surface area contributed by atoms with Crippen molar-refractivity contribution in [3.05, 3.63) is 34.1 Å². The fourth-order valence-corrected chi connectivity index (χ4v) is 7.84. The van der Waals surface area contributed by atoms with E-state index in [2.05, 4.69) is 26.6 Å². The van der Waals surface area contributed by atoms with Gasteiger partial charge in [-0.1, -0.05) is 22.0 Å². The smallest absolute Gasteiger partial charge is 0.275 e. The summed E-state index contributed by atoms with van der Waals surface area (Å²) in [7, 11) is 0. The van der Waals surface area contributed by atoms with Gasteiger partial charge in [0.15, 0.2) is 0 Å². The molecule has 1 spiro atoms. The number of nitrogens with one attached hydrogen (secondary N) is 2. The lowest BCUT2D eigenvalue weighted by molar-refractivity contribution is -0.0552. The van der Waals surface area contributed by atoms with Crippen LogP contribution >= 0.6 is 15.9 Å². The Morgan fingerprint density at radius 1 is 1.20 bits per heavy atom. The van der Waals surface area contributed by atoms with E-state index in [4.69, 9.17) is 5.73 Å². The standard InChI is InChI=1S/C23H31BrF3N3/c24-15-2-1-14(18(25)9-15)10-22(12-28)17(16-3-4-19(22)21(16)6-7-21)11-30-20-5-8-29-13-23(20,26)27/h1-2,9,16-17,19-20,29-30H,3-8,10-13,28H2. The zero-order valence-electron chi connectivity index (χ0n) is 17.2. The Morgan fingerprint density at radius 3 is 2.67 bits per heavy atom. The van der Waals surface area contributed by atoms with Gasteiger partial charge >= 0.3 is 0 Å². The first-order valence-corrected chi connectivity index (χ1v) is 12.1. The number of nitrogens with two attached hydrogens (primary N) is 1. The Morgan fingerprint density at radius 2 is 2.00 bits per heavy atom. The number of halogens is 4. The Labute approximate surface area is 184 Å². The molecule has 3 aliphatic carbocycles. The van der Waals surface area contributed by atoms with Crippen molar-refractivity contribution in [1.82, 2.24) is 10.6 Å². The molecule has 5 unspecified atom stereocenters. The summed E-state index contributed by atoms with van der Waals surface area (Å²) in [6.07, 6.45) is 5.75. The lowest BCUT2D eigenvalue weighted by Gasteiger charge is -2.45. The summed E-state index contributed by atoms with van der Waals surface area (Å²) in [5, 5.41) is 6.05. The van der Waals surface area contributed by atoms with Crippen LogP contribution in [0.15, 0.2) is 22.7 Å². The normalized spacial score (nSPS) is 38.3. The quantitative estimate of drug-likeness (QED) is 0.568. The van der Waals surface area contributed by atoms with Crippen LogP contribution in [0.25, 0.3) is 0 Å². The van der Waals surface area contributed by atoms with Crippen LogP contribution in [0.2, 0.25) is 0 Å². The molecule has 0 aromatic heterocycles. The van der Waals surface area contributed by atoms with Crippen molar-refractivity contribution in [1.29, 1.82) is 0 Å². The van der Waals surface area contributed by atoms with Gasteiger partial charge in [-0.2, -0.15) is 0 Å². The van der Waals surface area contributed by atoms with Crippen molar-refractivity contribution in [3.8, 4) is 0 Å². The van der Waals surface area contributed by atoms with E-state index in [9.17, 15) is 13.2 Å². The maximum Gasteiger partial charge on any atom is 0.275 e. The zero-order valence-corrected chi connectivity index (χ0v) is 18.8. The largest absolute Gasteiger partial charge is 0.330 e. The lowest BCUT2D eigenvalue weighted by atomic mass is 9.62. The minimum atomic E-state index is -2.74. The van der Waals surface area contributed by atoms with E-state index >= 15 is 0 Å². The van der Waals surface area contributed by atoms with E-state index in [1.165, 1.54) is 18.9 Å². The third-order valence-corrected chi connectivity index (χ3v) is 9.42. The molecule has 0 amide bonds. The second-order valence-corrected chi connectivity index (χ2v) is 11.0. The molecule has 30 heavy (non-hydrogen) atoms. The maximum absolute atomic E-state index is 14.8. The van der Waals surface area contributed by atoms with Gasteiger partial charge in [0, 0.05) is 4.47 Å². The Bertz CT molecular complexity index is 815. The average molecular weight is 486 g/mol. The highest BCUT2D eigenvalue weighted by molar-refractivity contribution is 9.10. The van der Waals surface area contributed by atoms with Crippen LogP contribution in [0.3, 0.4) is 0 Å². The zero-order chi connectivity index (χ0) is 21.1. The van der Waals surface area contributed by atoms with Crippen LogP contribution in [0.5, 0.6) is 0 Å². The molecule has 2 bridgehead atoms. The summed E-state index contributed by atoms with van der Waals surface area (Å²) in [5.74, 6) is -1.73. The van der Waals surface area contributed by atoms with Crippen molar-refractivity contribution in [2.45, 2.75) is 50.5 Å². The van der Waals surface area contributed by atoms with E-state index in [1.54, 1.807) is 0 Å². The average Bonchev–Trinajstić information content (AvgIpc) is 3.37. The van der Waals surface area contributed by atoms with Crippen molar-refractivity contribution in [2.75, 3.05) is 26.2 Å². The molecule has 166 valence electrons. The monoisotopic (exact) mass is 485 g/mol. The molecular weight excluding hydrogens is 455 g/mol. The van der Waals surface area contributed by atoms with Gasteiger partial charge < -0.3 is 16.4 Å². The highest BCUT2D eigenvalue weighted by Gasteiger charge is 2.73. The number of benzene rings is 1. The summed E-state index contributed by atoms with van der Waals surface area (Å²) in [6.45, 7) is 1.39. The molecule has 3 saturated carbocycles. The Kier molecular flexibility index (Phi) is 5.28. The number of alkyl halides is 2. The summed E-state index contributed by atoms with van der Waals surface area (Å²) >= 11 is 3.34. The first kappa shape index (κ1) is 21.2. The van der Waals surface area contributed by atoms with Crippen molar-refractivity contribution < 1.29 is 13.2 Å². The summed E-state index contributed by atoms with van der Waals surface area (Å²) in [6, 6.07) is 4.45. The van der Waals surface area contributed by atoms with Crippen LogP contribution < -0.4 is 16.4 Å². The molecule has 0 radical (unpaired) electrons. The Hall–Kier alpha value is -0.630. The third-order valence-electron chi connectivity index (χ3n) is 8.92. The van der Waals surface area contributed by atoms with Gasteiger partial charge in [-0.3, -0.25) is 0 Å². The van der Waals surface area contributed by atoms with Crippen molar-refractivity contribution in [3.63, 3.8) is 0 Å². The minimum Gasteiger partial charge on any atom is -0.330 e. The first-order valence-electron chi connectivity index (χ1n) is 11.3. The second-order valence-electron chi connectivity index (χ2n) is 10.1. The van der Waals surface area contributed by atoms with Gasteiger partial charge in [0.1, 0.15) is 5.82 Å². The van der Waals surface area contributed by atoms with E-state index in [0.29, 0.717) is 55.3 Å². The van der Waals surface area contributed by atoms with Gasteiger partial charge in [0.05, 0.1) is 12.6 Å². The highest BCUT2D eigenvalue weighted by atomic mass is 79.9. The number of piperidine rings is 1. The van der Waals surface area contributed by atoms with Crippen LogP contribution in [0.1, 0.15) is 37.7 Å². The van der Waals surface area contributed by atoms with E-state index in [1.807, 2.05) is 12.1 Å². The molecule has 1 aromatic carbocycles. The SMILES string of the molecule is NCC1(Cc2ccc(Br)cc2F)C(CNC2CCNCC2(F)F)C2CCC1C21CC1. The molecule has 5 atom stereocenters. The van der Waals surface area contributed by atoms with E-state index < -0.39 is 12.0 Å². The van der Waals surface area contributed by atoms with Gasteiger partial charge in [-0.25, -0.2) is 13.2 Å². The Balaban J connectivity index is 1.43. The van der Waals surface area contributed by atoms with Crippen molar-refractivity contribution >= 4 is 15.9 Å². The van der Waals surface area contributed by atoms with Gasteiger partial charge in [0.2, 0.25) is 0 Å². The van der Waals surface area contributed by atoms with Crippen LogP contribution in [0.4, 0.5) is 13.2 Å². The molecule has 5 rings (SSSR count). The molecule has 1 aliphatic heterocycles. The molecule has 7 heteroatoms. The third kappa shape index (κ3) is 3.18. The molecule has 1 saturated heterocycles. The van der Waals surface area contributed by atoms with Crippen LogP contribution in [-0.4, -0.2) is 38.1 Å². The minimum absolute atomic E-state index is 0.207.